The number of benzene rings is 2. The van der Waals surface area contributed by atoms with E-state index in [-0.39, 0.29) is 12.4 Å². The normalized spacial score (nSPS) is 33.5. The van der Waals surface area contributed by atoms with E-state index in [0.29, 0.717) is 12.0 Å². The zero-order valence-electron chi connectivity index (χ0n) is 17.8. The minimum Gasteiger partial charge on any atom is -0.337 e. The second-order valence-electron chi connectivity index (χ2n) is 10.5. The fraction of sp³-hybridized carbons (Fsp3) is 0.556. The topological polar surface area (TPSA) is 6.48 Å². The van der Waals surface area contributed by atoms with Gasteiger partial charge >= 0.3 is 0 Å². The van der Waals surface area contributed by atoms with Gasteiger partial charge in [-0.25, -0.2) is 0 Å². The maximum atomic E-state index is 2.85. The molecule has 2 saturated carbocycles. The van der Waals surface area contributed by atoms with Crippen molar-refractivity contribution in [1.82, 2.24) is 4.90 Å². The van der Waals surface area contributed by atoms with Gasteiger partial charge in [0, 0.05) is 43.0 Å². The third kappa shape index (κ3) is 2.79. The molecular formula is C27H33ClN2. The molecule has 5 atom stereocenters. The van der Waals surface area contributed by atoms with Gasteiger partial charge in [0.05, 0.1) is 0 Å². The van der Waals surface area contributed by atoms with Crippen LogP contribution in [-0.2, 0) is 12.8 Å². The van der Waals surface area contributed by atoms with E-state index in [0.717, 1.165) is 17.8 Å². The van der Waals surface area contributed by atoms with Crippen LogP contribution >= 0.6 is 12.4 Å². The Hall–Kier alpha value is -1.51. The Bertz CT molecular complexity index is 956. The number of piperidine rings is 1. The number of para-hydroxylation sites is 2. The second-order valence-corrected chi connectivity index (χ2v) is 10.5. The van der Waals surface area contributed by atoms with Gasteiger partial charge in [-0.2, -0.15) is 0 Å². The number of hydrogen-bond acceptors (Lipinski definition) is 2. The molecule has 2 nitrogen and oxygen atoms in total. The lowest BCUT2D eigenvalue weighted by molar-refractivity contribution is 0.146. The van der Waals surface area contributed by atoms with Crippen LogP contribution in [0.3, 0.4) is 0 Å². The minimum absolute atomic E-state index is 0. The van der Waals surface area contributed by atoms with E-state index in [2.05, 4.69) is 52.3 Å². The van der Waals surface area contributed by atoms with Gasteiger partial charge in [0.15, 0.2) is 0 Å². The predicted octanol–water partition coefficient (Wildman–Crippen LogP) is 5.95. The molecule has 5 unspecified atom stereocenters. The smallest absolute Gasteiger partial charge is 0.0483 e. The van der Waals surface area contributed by atoms with Crippen molar-refractivity contribution in [2.75, 3.05) is 24.5 Å². The van der Waals surface area contributed by atoms with Crippen molar-refractivity contribution >= 4 is 23.8 Å². The monoisotopic (exact) mass is 420 g/mol. The molecule has 30 heavy (non-hydrogen) atoms. The van der Waals surface area contributed by atoms with Crippen molar-refractivity contribution in [2.24, 2.45) is 17.8 Å². The van der Waals surface area contributed by atoms with Gasteiger partial charge in [-0.1, -0.05) is 42.8 Å². The highest BCUT2D eigenvalue weighted by atomic mass is 35.5. The number of nitrogens with zero attached hydrogens (tertiary/aromatic N) is 2. The van der Waals surface area contributed by atoms with E-state index in [1.807, 2.05) is 0 Å². The van der Waals surface area contributed by atoms with Crippen LogP contribution in [0.1, 0.15) is 54.7 Å². The highest BCUT2D eigenvalue weighted by molar-refractivity contribution is 5.85. The Morgan fingerprint density at radius 3 is 2.60 bits per heavy atom. The minimum atomic E-state index is 0. The first-order valence-electron chi connectivity index (χ1n) is 12.1. The van der Waals surface area contributed by atoms with Gasteiger partial charge < -0.3 is 9.80 Å². The molecule has 0 aromatic heterocycles. The fourth-order valence-electron chi connectivity index (χ4n) is 7.82. The number of halogens is 1. The van der Waals surface area contributed by atoms with Crippen molar-refractivity contribution in [1.29, 1.82) is 0 Å². The number of anilines is 2. The molecule has 7 rings (SSSR count). The van der Waals surface area contributed by atoms with E-state index in [1.54, 1.807) is 28.8 Å². The molecule has 0 N–H and O–H groups in total. The number of rotatable bonds is 2. The molecule has 0 radical (unpaired) electrons. The number of hydrogen-bond donors (Lipinski definition) is 0. The predicted molar refractivity (Wildman–Crippen MR) is 126 cm³/mol. The molecule has 3 aliphatic heterocycles. The maximum Gasteiger partial charge on any atom is 0.0483 e. The van der Waals surface area contributed by atoms with E-state index in [4.69, 9.17) is 0 Å². The third-order valence-electron chi connectivity index (χ3n) is 9.08. The van der Waals surface area contributed by atoms with Crippen LogP contribution in [0, 0.1) is 17.8 Å². The highest BCUT2D eigenvalue weighted by Gasteiger charge is 2.46. The lowest BCUT2D eigenvalue weighted by Gasteiger charge is -2.41. The summed E-state index contributed by atoms with van der Waals surface area (Å²) in [5.74, 6) is 3.80. The molecule has 2 aromatic rings. The van der Waals surface area contributed by atoms with Crippen molar-refractivity contribution in [3.63, 3.8) is 0 Å². The number of likely N-dealkylation sites (tertiary alicyclic amines) is 1. The van der Waals surface area contributed by atoms with Gasteiger partial charge in [-0.15, -0.1) is 12.4 Å². The quantitative estimate of drug-likeness (QED) is 0.592. The third-order valence-corrected chi connectivity index (χ3v) is 9.08. The van der Waals surface area contributed by atoms with Gasteiger partial charge in [-0.05, 0) is 79.0 Å². The Balaban J connectivity index is 0.00000175. The van der Waals surface area contributed by atoms with Crippen molar-refractivity contribution in [2.45, 2.75) is 56.9 Å². The summed E-state index contributed by atoms with van der Waals surface area (Å²) in [6.07, 6.45) is 9.79. The van der Waals surface area contributed by atoms with Crippen LogP contribution in [0.2, 0.25) is 0 Å². The molecule has 0 spiro atoms. The summed E-state index contributed by atoms with van der Waals surface area (Å²) in [6.45, 7) is 3.93. The van der Waals surface area contributed by atoms with Crippen LogP contribution in [0.25, 0.3) is 0 Å². The van der Waals surface area contributed by atoms with Crippen LogP contribution < -0.4 is 4.90 Å². The summed E-state index contributed by atoms with van der Waals surface area (Å²) in [5.41, 5.74) is 7.83. The van der Waals surface area contributed by atoms with Crippen molar-refractivity contribution in [3.8, 4) is 0 Å². The summed E-state index contributed by atoms with van der Waals surface area (Å²) in [4.78, 5) is 5.62. The molecule has 3 heterocycles. The lowest BCUT2D eigenvalue weighted by atomic mass is 9.85. The molecule has 2 bridgehead atoms. The molecule has 158 valence electrons. The van der Waals surface area contributed by atoms with Gasteiger partial charge in [0.2, 0.25) is 0 Å². The fourth-order valence-corrected chi connectivity index (χ4v) is 7.82. The second kappa shape index (κ2) is 7.28. The molecule has 1 saturated heterocycles. The van der Waals surface area contributed by atoms with Gasteiger partial charge in [0.25, 0.3) is 0 Å². The van der Waals surface area contributed by atoms with E-state index >= 15 is 0 Å². The molecule has 3 fully saturated rings. The summed E-state index contributed by atoms with van der Waals surface area (Å²) >= 11 is 0. The maximum absolute atomic E-state index is 2.85. The Morgan fingerprint density at radius 2 is 1.73 bits per heavy atom. The highest BCUT2D eigenvalue weighted by Crippen LogP contribution is 2.53. The summed E-state index contributed by atoms with van der Waals surface area (Å²) in [7, 11) is 0. The SMILES string of the molecule is Cl.c1ccc2c(c1)CCc1cccc3c1N2C1CCN(CC2CC4CCC2C4)CC31. The van der Waals surface area contributed by atoms with Gasteiger partial charge in [0.1, 0.15) is 0 Å². The Kier molecular flexibility index (Phi) is 4.66. The summed E-state index contributed by atoms with van der Waals surface area (Å²) in [5, 5.41) is 0. The first kappa shape index (κ1) is 19.2. The number of aryl methyl sites for hydroxylation is 2. The first-order chi connectivity index (χ1) is 14.3. The average molecular weight is 421 g/mol. The van der Waals surface area contributed by atoms with Crippen LogP contribution in [0.15, 0.2) is 42.5 Å². The lowest BCUT2D eigenvalue weighted by Crippen LogP contribution is -2.46. The van der Waals surface area contributed by atoms with E-state index < -0.39 is 0 Å². The van der Waals surface area contributed by atoms with Crippen LogP contribution in [-0.4, -0.2) is 30.6 Å². The van der Waals surface area contributed by atoms with E-state index in [9.17, 15) is 0 Å². The van der Waals surface area contributed by atoms with Gasteiger partial charge in [-0.3, -0.25) is 0 Å². The van der Waals surface area contributed by atoms with E-state index in [1.165, 1.54) is 63.8 Å². The zero-order chi connectivity index (χ0) is 18.9. The standard InChI is InChI=1S/C27H32N2.ClH/c1-2-7-25-19(4-1)10-11-20-5-3-6-23-24-17-28(13-12-26(24)29(25)27(20)23)16-22-15-18-8-9-21(22)14-18;/h1-7,18,21-22,24,26H,8-17H2;1H. The van der Waals surface area contributed by atoms with Crippen molar-refractivity contribution in [3.05, 3.63) is 59.2 Å². The van der Waals surface area contributed by atoms with Crippen molar-refractivity contribution < 1.29 is 0 Å². The molecule has 0 amide bonds. The largest absolute Gasteiger partial charge is 0.337 e. The van der Waals surface area contributed by atoms with Crippen LogP contribution in [0.4, 0.5) is 11.4 Å². The first-order valence-corrected chi connectivity index (χ1v) is 12.1. The number of fused-ring (bicyclic) bond motifs is 7. The van der Waals surface area contributed by atoms with Crippen LogP contribution in [0.5, 0.6) is 0 Å². The summed E-state index contributed by atoms with van der Waals surface area (Å²) in [6, 6.07) is 17.0. The molecule has 3 heteroatoms. The summed E-state index contributed by atoms with van der Waals surface area (Å²) < 4.78 is 0. The Morgan fingerprint density at radius 1 is 0.867 bits per heavy atom. The molecular weight excluding hydrogens is 388 g/mol. The molecule has 2 aliphatic carbocycles. The molecule has 5 aliphatic rings. The Labute approximate surface area is 187 Å². The average Bonchev–Trinajstić information content (AvgIpc) is 3.42. The zero-order valence-corrected chi connectivity index (χ0v) is 18.6. The molecule has 2 aromatic carbocycles.